The molecule has 0 spiro atoms. The van der Waals surface area contributed by atoms with Crippen LogP contribution in [0.4, 0.5) is 5.69 Å². The molecule has 3 aromatic rings. The molecule has 1 N–H and O–H groups in total. The van der Waals surface area contributed by atoms with Crippen LogP contribution in [0.5, 0.6) is 11.5 Å². The molecule has 1 amide bonds. The Kier molecular flexibility index (Phi) is 6.99. The van der Waals surface area contributed by atoms with Gasteiger partial charge in [0.25, 0.3) is 11.7 Å². The molecule has 0 radical (unpaired) electrons. The van der Waals surface area contributed by atoms with Crippen LogP contribution in [0.2, 0.25) is 15.1 Å². The zero-order chi connectivity index (χ0) is 25.4. The molecule has 35 heavy (non-hydrogen) atoms. The first-order valence-electron chi connectivity index (χ1n) is 10.4. The number of Topliss-reactive ketones (excluding diaryl/α,β-unsaturated/α-hetero) is 1. The second-order valence-corrected chi connectivity index (χ2v) is 9.03. The highest BCUT2D eigenvalue weighted by Gasteiger charge is 2.47. The Balaban J connectivity index is 2.02. The minimum Gasteiger partial charge on any atom is -0.507 e. The van der Waals surface area contributed by atoms with E-state index in [2.05, 4.69) is 0 Å². The second kappa shape index (κ2) is 9.82. The van der Waals surface area contributed by atoms with Crippen LogP contribution in [0, 0.1) is 6.92 Å². The summed E-state index contributed by atoms with van der Waals surface area (Å²) in [6, 6.07) is 13.9. The van der Waals surface area contributed by atoms with Crippen LogP contribution in [0.15, 0.2) is 60.2 Å². The molecular formula is C26H20Cl3NO5. The molecule has 9 heteroatoms. The summed E-state index contributed by atoms with van der Waals surface area (Å²) in [4.78, 5) is 28.0. The third-order valence-corrected chi connectivity index (χ3v) is 6.87. The fourth-order valence-electron chi connectivity index (χ4n) is 4.11. The average molecular weight is 533 g/mol. The van der Waals surface area contributed by atoms with Crippen molar-refractivity contribution in [2.45, 2.75) is 13.0 Å². The Morgan fingerprint density at radius 1 is 0.886 bits per heavy atom. The third kappa shape index (κ3) is 4.33. The Labute approximate surface area is 217 Å². The van der Waals surface area contributed by atoms with Crippen LogP contribution in [-0.4, -0.2) is 31.0 Å². The van der Waals surface area contributed by atoms with Crippen LogP contribution >= 0.6 is 34.8 Å². The van der Waals surface area contributed by atoms with E-state index in [1.165, 1.54) is 37.3 Å². The topological polar surface area (TPSA) is 76.1 Å². The number of hydrogen-bond donors (Lipinski definition) is 1. The number of halogens is 3. The number of methoxy groups -OCH3 is 2. The molecule has 3 aromatic carbocycles. The maximum absolute atomic E-state index is 13.4. The largest absolute Gasteiger partial charge is 0.507 e. The van der Waals surface area contributed by atoms with Gasteiger partial charge in [0.15, 0.2) is 0 Å². The van der Waals surface area contributed by atoms with Gasteiger partial charge >= 0.3 is 0 Å². The number of ether oxygens (including phenoxy) is 2. The molecule has 1 aliphatic rings. The standard InChI is InChI=1S/C26H20Cl3NO5/c1-13-6-4-5-7-15(13)23-22(24(31)16-11-19(29)21(35-3)12-20(16)34-2)25(32)26(33)30(23)14-8-9-17(27)18(28)10-14/h4-12,23,31H,1-3H3/b24-22+. The van der Waals surface area contributed by atoms with Gasteiger partial charge in [0.05, 0.1) is 46.5 Å². The van der Waals surface area contributed by atoms with Gasteiger partial charge in [-0.25, -0.2) is 0 Å². The molecule has 0 bridgehead atoms. The van der Waals surface area contributed by atoms with Crippen LogP contribution in [0.3, 0.4) is 0 Å². The number of aliphatic hydroxyl groups excluding tert-OH is 1. The van der Waals surface area contributed by atoms with Crippen LogP contribution in [-0.2, 0) is 9.59 Å². The summed E-state index contributed by atoms with van der Waals surface area (Å²) in [5, 5.41) is 12.2. The average Bonchev–Trinajstić information content (AvgIpc) is 3.10. The van der Waals surface area contributed by atoms with Crippen LogP contribution < -0.4 is 14.4 Å². The van der Waals surface area contributed by atoms with Gasteiger partial charge in [0.1, 0.15) is 17.3 Å². The molecule has 6 nitrogen and oxygen atoms in total. The van der Waals surface area contributed by atoms with E-state index in [9.17, 15) is 14.7 Å². The molecule has 0 saturated carbocycles. The van der Waals surface area contributed by atoms with E-state index in [4.69, 9.17) is 44.3 Å². The van der Waals surface area contributed by atoms with E-state index in [0.29, 0.717) is 22.0 Å². The summed E-state index contributed by atoms with van der Waals surface area (Å²) >= 11 is 18.6. The SMILES string of the molecule is COc1cc(OC)c(/C(O)=C2\C(=O)C(=O)N(c3ccc(Cl)c(Cl)c3)C2c2ccccc2C)cc1Cl. The zero-order valence-electron chi connectivity index (χ0n) is 18.9. The molecule has 1 heterocycles. The molecule has 1 aliphatic heterocycles. The van der Waals surface area contributed by atoms with E-state index in [0.717, 1.165) is 5.56 Å². The van der Waals surface area contributed by atoms with Crippen LogP contribution in [0.25, 0.3) is 5.76 Å². The lowest BCUT2D eigenvalue weighted by atomic mass is 9.92. The van der Waals surface area contributed by atoms with Crippen molar-refractivity contribution in [3.05, 3.63) is 91.9 Å². The number of hydrogen-bond acceptors (Lipinski definition) is 5. The number of aryl methyl sites for hydroxylation is 1. The monoisotopic (exact) mass is 531 g/mol. The van der Waals surface area contributed by atoms with Gasteiger partial charge in [-0.1, -0.05) is 59.1 Å². The molecule has 1 unspecified atom stereocenters. The van der Waals surface area contributed by atoms with Gasteiger partial charge in [0.2, 0.25) is 0 Å². The van der Waals surface area contributed by atoms with E-state index in [-0.39, 0.29) is 26.9 Å². The van der Waals surface area contributed by atoms with Gasteiger partial charge in [-0.3, -0.25) is 14.5 Å². The Hall–Kier alpha value is -3.19. The van der Waals surface area contributed by atoms with E-state index in [1.54, 1.807) is 24.3 Å². The quantitative estimate of drug-likeness (QED) is 0.228. The number of aliphatic hydroxyl groups is 1. The summed E-state index contributed by atoms with van der Waals surface area (Å²) < 4.78 is 10.6. The fraction of sp³-hybridized carbons (Fsp3) is 0.154. The lowest BCUT2D eigenvalue weighted by molar-refractivity contribution is -0.132. The molecule has 0 aromatic heterocycles. The van der Waals surface area contributed by atoms with E-state index >= 15 is 0 Å². The van der Waals surface area contributed by atoms with Crippen molar-refractivity contribution in [3.8, 4) is 11.5 Å². The van der Waals surface area contributed by atoms with Crippen molar-refractivity contribution in [1.29, 1.82) is 0 Å². The fourth-order valence-corrected chi connectivity index (χ4v) is 4.64. The predicted molar refractivity (Wildman–Crippen MR) is 137 cm³/mol. The Morgan fingerprint density at radius 3 is 2.20 bits per heavy atom. The zero-order valence-corrected chi connectivity index (χ0v) is 21.2. The number of carbonyl (C=O) groups excluding carboxylic acids is 2. The molecule has 1 saturated heterocycles. The predicted octanol–water partition coefficient (Wildman–Crippen LogP) is 6.60. The van der Waals surface area contributed by atoms with Crippen molar-refractivity contribution in [3.63, 3.8) is 0 Å². The number of nitrogens with zero attached hydrogens (tertiary/aromatic N) is 1. The van der Waals surface area contributed by atoms with Crippen molar-refractivity contribution < 1.29 is 24.2 Å². The first kappa shape index (κ1) is 24.9. The summed E-state index contributed by atoms with van der Waals surface area (Å²) in [6.45, 7) is 1.86. The van der Waals surface area contributed by atoms with Crippen molar-refractivity contribution >= 4 is 57.9 Å². The molecule has 1 fully saturated rings. The second-order valence-electron chi connectivity index (χ2n) is 7.81. The number of amides is 1. The Morgan fingerprint density at radius 2 is 1.57 bits per heavy atom. The number of anilines is 1. The number of carbonyl (C=O) groups is 2. The van der Waals surface area contributed by atoms with Gasteiger partial charge in [-0.15, -0.1) is 0 Å². The maximum atomic E-state index is 13.4. The van der Waals surface area contributed by atoms with Gasteiger partial charge in [0, 0.05) is 11.8 Å². The lowest BCUT2D eigenvalue weighted by Crippen LogP contribution is -2.29. The highest BCUT2D eigenvalue weighted by molar-refractivity contribution is 6.52. The Bertz CT molecular complexity index is 1390. The van der Waals surface area contributed by atoms with Crippen LogP contribution in [0.1, 0.15) is 22.7 Å². The third-order valence-electron chi connectivity index (χ3n) is 5.84. The first-order valence-corrected chi connectivity index (χ1v) is 11.6. The summed E-state index contributed by atoms with van der Waals surface area (Å²) in [5.41, 5.74) is 1.85. The van der Waals surface area contributed by atoms with Gasteiger partial charge in [-0.05, 0) is 42.3 Å². The van der Waals surface area contributed by atoms with E-state index < -0.39 is 23.5 Å². The summed E-state index contributed by atoms with van der Waals surface area (Å²) in [7, 11) is 2.85. The van der Waals surface area contributed by atoms with E-state index in [1.807, 2.05) is 19.1 Å². The molecule has 0 aliphatic carbocycles. The molecule has 180 valence electrons. The summed E-state index contributed by atoms with van der Waals surface area (Å²) in [5.74, 6) is -1.58. The smallest absolute Gasteiger partial charge is 0.300 e. The maximum Gasteiger partial charge on any atom is 0.300 e. The number of benzene rings is 3. The minimum atomic E-state index is -0.945. The van der Waals surface area contributed by atoms with Crippen molar-refractivity contribution in [2.24, 2.45) is 0 Å². The summed E-state index contributed by atoms with van der Waals surface area (Å²) in [6.07, 6.45) is 0. The number of rotatable bonds is 5. The molecular weight excluding hydrogens is 513 g/mol. The number of ketones is 1. The minimum absolute atomic E-state index is 0.116. The highest BCUT2D eigenvalue weighted by atomic mass is 35.5. The first-order chi connectivity index (χ1) is 16.7. The lowest BCUT2D eigenvalue weighted by Gasteiger charge is -2.27. The van der Waals surface area contributed by atoms with Crippen molar-refractivity contribution in [1.82, 2.24) is 0 Å². The normalized spacial score (nSPS) is 17.1. The molecule has 4 rings (SSSR count). The van der Waals surface area contributed by atoms with Crippen molar-refractivity contribution in [2.75, 3.05) is 19.1 Å². The van der Waals surface area contributed by atoms with Gasteiger partial charge < -0.3 is 14.6 Å². The van der Waals surface area contributed by atoms with Gasteiger partial charge in [-0.2, -0.15) is 0 Å². The molecule has 1 atom stereocenters. The highest BCUT2D eigenvalue weighted by Crippen LogP contribution is 2.46.